The number of aryl methyl sites for hydroxylation is 1. The minimum absolute atomic E-state index is 0.00343. The van der Waals surface area contributed by atoms with Gasteiger partial charge in [0.2, 0.25) is 5.75 Å². The number of nitro benzene ring substituents is 1. The van der Waals surface area contributed by atoms with Gasteiger partial charge in [0.15, 0.2) is 0 Å². The van der Waals surface area contributed by atoms with Gasteiger partial charge in [-0.3, -0.25) is 10.1 Å². The van der Waals surface area contributed by atoms with Crippen LogP contribution >= 0.6 is 11.6 Å². The van der Waals surface area contributed by atoms with Crippen LogP contribution in [0.4, 0.5) is 5.69 Å². The second-order valence-corrected chi connectivity index (χ2v) is 3.50. The highest BCUT2D eigenvalue weighted by Gasteiger charge is 2.19. The minimum Gasteiger partial charge on any atom is -0.502 e. The fraction of sp³-hybridized carbons (Fsp3) is 0.111. The average molecular weight is 240 g/mol. The Morgan fingerprint density at radius 2 is 2.12 bits per heavy atom. The Hall–Kier alpha value is -1.95. The normalized spacial score (nSPS) is 10.6. The number of phenols is 1. The van der Waals surface area contributed by atoms with Crippen LogP contribution in [-0.2, 0) is 0 Å². The second kappa shape index (κ2) is 3.57. The smallest absolute Gasteiger partial charge is 0.311 e. The van der Waals surface area contributed by atoms with Gasteiger partial charge in [0, 0.05) is 6.07 Å². The number of nitro groups is 1. The van der Waals surface area contributed by atoms with Crippen molar-refractivity contribution in [2.75, 3.05) is 0 Å². The summed E-state index contributed by atoms with van der Waals surface area (Å²) < 4.78 is 0. The van der Waals surface area contributed by atoms with E-state index in [-0.39, 0.29) is 10.5 Å². The van der Waals surface area contributed by atoms with E-state index < -0.39 is 16.4 Å². The van der Waals surface area contributed by atoms with Crippen LogP contribution in [0.1, 0.15) is 5.82 Å². The Morgan fingerprint density at radius 1 is 1.44 bits per heavy atom. The van der Waals surface area contributed by atoms with Crippen molar-refractivity contribution >= 4 is 28.2 Å². The SMILES string of the molecule is Cc1nc(Cl)c2c(O)c([N+](=O)[O-])ccc2n1. The lowest BCUT2D eigenvalue weighted by molar-refractivity contribution is -0.385. The molecule has 16 heavy (non-hydrogen) atoms. The summed E-state index contributed by atoms with van der Waals surface area (Å²) in [5, 5.41) is 20.4. The maximum Gasteiger partial charge on any atom is 0.311 e. The van der Waals surface area contributed by atoms with E-state index in [4.69, 9.17) is 11.6 Å². The van der Waals surface area contributed by atoms with Crippen LogP contribution in [0.3, 0.4) is 0 Å². The zero-order valence-corrected chi connectivity index (χ0v) is 8.89. The molecule has 0 spiro atoms. The van der Waals surface area contributed by atoms with E-state index in [1.807, 2.05) is 0 Å². The van der Waals surface area contributed by atoms with Gasteiger partial charge in [0.25, 0.3) is 0 Å². The first-order valence-electron chi connectivity index (χ1n) is 4.31. The molecule has 0 unspecified atom stereocenters. The summed E-state index contributed by atoms with van der Waals surface area (Å²) in [5.74, 6) is -0.0711. The number of nitrogens with zero attached hydrogens (tertiary/aromatic N) is 3. The Kier molecular flexibility index (Phi) is 2.35. The summed E-state index contributed by atoms with van der Waals surface area (Å²) in [5.41, 5.74) is -0.0394. The summed E-state index contributed by atoms with van der Waals surface area (Å²) in [6.07, 6.45) is 0. The van der Waals surface area contributed by atoms with Crippen molar-refractivity contribution in [1.82, 2.24) is 9.97 Å². The first kappa shape index (κ1) is 10.6. The molecule has 0 atom stereocenters. The average Bonchev–Trinajstić information content (AvgIpc) is 2.15. The molecule has 2 aromatic rings. The van der Waals surface area contributed by atoms with Gasteiger partial charge in [-0.15, -0.1) is 0 Å². The van der Waals surface area contributed by atoms with Crippen molar-refractivity contribution in [2.45, 2.75) is 6.92 Å². The molecule has 6 nitrogen and oxygen atoms in total. The molecule has 0 aliphatic heterocycles. The van der Waals surface area contributed by atoms with Crippen molar-refractivity contribution < 1.29 is 10.0 Å². The number of fused-ring (bicyclic) bond motifs is 1. The Balaban J connectivity index is 2.89. The molecule has 0 radical (unpaired) electrons. The number of hydrogen-bond donors (Lipinski definition) is 1. The summed E-state index contributed by atoms with van der Waals surface area (Å²) in [4.78, 5) is 17.8. The number of hydrogen-bond acceptors (Lipinski definition) is 5. The predicted molar refractivity (Wildman–Crippen MR) is 57.6 cm³/mol. The summed E-state index contributed by atoms with van der Waals surface area (Å²) in [6.45, 7) is 1.64. The monoisotopic (exact) mass is 239 g/mol. The van der Waals surface area contributed by atoms with Crippen LogP contribution in [0, 0.1) is 17.0 Å². The Morgan fingerprint density at radius 3 is 2.75 bits per heavy atom. The molecule has 0 aliphatic carbocycles. The van der Waals surface area contributed by atoms with Crippen LogP contribution in [-0.4, -0.2) is 20.0 Å². The quantitative estimate of drug-likeness (QED) is 0.468. The molecular formula is C9H6ClN3O3. The van der Waals surface area contributed by atoms with E-state index in [0.717, 1.165) is 0 Å². The van der Waals surface area contributed by atoms with E-state index in [1.165, 1.54) is 12.1 Å². The van der Waals surface area contributed by atoms with Crippen LogP contribution in [0.15, 0.2) is 12.1 Å². The Labute approximate surface area is 94.7 Å². The minimum atomic E-state index is -0.690. The molecule has 0 amide bonds. The molecule has 1 aromatic carbocycles. The number of halogens is 1. The molecule has 0 saturated heterocycles. The van der Waals surface area contributed by atoms with Gasteiger partial charge >= 0.3 is 5.69 Å². The standard InChI is InChI=1S/C9H6ClN3O3/c1-4-11-5-2-3-6(13(15)16)8(14)7(5)9(10)12-4/h2-3,14H,1H3. The summed E-state index contributed by atoms with van der Waals surface area (Å²) in [6, 6.07) is 2.61. The number of aromatic hydroxyl groups is 1. The lowest BCUT2D eigenvalue weighted by Crippen LogP contribution is -1.94. The zero-order chi connectivity index (χ0) is 11.9. The van der Waals surface area contributed by atoms with Crippen molar-refractivity contribution in [3.8, 4) is 5.75 Å². The highest BCUT2D eigenvalue weighted by atomic mass is 35.5. The maximum atomic E-state index is 10.6. The van der Waals surface area contributed by atoms with Gasteiger partial charge in [0.05, 0.1) is 15.8 Å². The van der Waals surface area contributed by atoms with E-state index in [2.05, 4.69) is 9.97 Å². The molecule has 0 bridgehead atoms. The van der Waals surface area contributed by atoms with E-state index in [1.54, 1.807) is 6.92 Å². The van der Waals surface area contributed by atoms with Crippen molar-refractivity contribution in [2.24, 2.45) is 0 Å². The van der Waals surface area contributed by atoms with Gasteiger partial charge < -0.3 is 5.11 Å². The highest BCUT2D eigenvalue weighted by molar-refractivity contribution is 6.34. The van der Waals surface area contributed by atoms with Crippen molar-refractivity contribution in [1.29, 1.82) is 0 Å². The molecule has 1 heterocycles. The summed E-state index contributed by atoms with van der Waals surface area (Å²) >= 11 is 5.81. The maximum absolute atomic E-state index is 10.6. The fourth-order valence-electron chi connectivity index (χ4n) is 1.41. The van der Waals surface area contributed by atoms with Crippen molar-refractivity contribution in [3.63, 3.8) is 0 Å². The van der Waals surface area contributed by atoms with Gasteiger partial charge in [-0.2, -0.15) is 0 Å². The van der Waals surface area contributed by atoms with E-state index >= 15 is 0 Å². The van der Waals surface area contributed by atoms with E-state index in [0.29, 0.717) is 11.3 Å². The number of phenolic OH excluding ortho intramolecular Hbond substituents is 1. The summed E-state index contributed by atoms with van der Waals surface area (Å²) in [7, 11) is 0. The first-order chi connectivity index (χ1) is 7.50. The van der Waals surface area contributed by atoms with Gasteiger partial charge in [-0.05, 0) is 13.0 Å². The van der Waals surface area contributed by atoms with Crippen LogP contribution in [0.2, 0.25) is 5.15 Å². The van der Waals surface area contributed by atoms with Gasteiger partial charge in [0.1, 0.15) is 11.0 Å². The third-order valence-electron chi connectivity index (χ3n) is 2.08. The number of benzene rings is 1. The Bertz CT molecular complexity index is 600. The van der Waals surface area contributed by atoms with Crippen LogP contribution in [0.5, 0.6) is 5.75 Å². The molecule has 1 N–H and O–H groups in total. The topological polar surface area (TPSA) is 89.2 Å². The fourth-order valence-corrected chi connectivity index (χ4v) is 1.72. The molecule has 82 valence electrons. The molecule has 7 heteroatoms. The molecule has 0 aliphatic rings. The number of aromatic nitrogens is 2. The molecule has 0 fully saturated rings. The lowest BCUT2D eigenvalue weighted by atomic mass is 10.2. The molecule has 1 aromatic heterocycles. The van der Waals surface area contributed by atoms with Crippen LogP contribution < -0.4 is 0 Å². The number of rotatable bonds is 1. The molecule has 0 saturated carbocycles. The highest BCUT2D eigenvalue weighted by Crippen LogP contribution is 2.36. The van der Waals surface area contributed by atoms with Crippen molar-refractivity contribution in [3.05, 3.63) is 33.2 Å². The predicted octanol–water partition coefficient (Wildman–Crippen LogP) is 2.21. The van der Waals surface area contributed by atoms with Gasteiger partial charge in [-0.25, -0.2) is 9.97 Å². The van der Waals surface area contributed by atoms with Crippen LogP contribution in [0.25, 0.3) is 10.9 Å². The van der Waals surface area contributed by atoms with Gasteiger partial charge in [-0.1, -0.05) is 11.6 Å². The molecular weight excluding hydrogens is 234 g/mol. The second-order valence-electron chi connectivity index (χ2n) is 3.15. The lowest BCUT2D eigenvalue weighted by Gasteiger charge is -2.03. The zero-order valence-electron chi connectivity index (χ0n) is 8.14. The van der Waals surface area contributed by atoms with E-state index in [9.17, 15) is 15.2 Å². The third-order valence-corrected chi connectivity index (χ3v) is 2.35. The largest absolute Gasteiger partial charge is 0.502 e. The first-order valence-corrected chi connectivity index (χ1v) is 4.68. The third kappa shape index (κ3) is 1.53. The molecule has 2 rings (SSSR count).